The van der Waals surface area contributed by atoms with E-state index in [9.17, 15) is 24.6 Å². The number of aryl methyl sites for hydroxylation is 1. The molecular formula is C20H22N4O6. The van der Waals surface area contributed by atoms with Gasteiger partial charge in [-0.25, -0.2) is 4.79 Å². The molecule has 1 aliphatic heterocycles. The number of carbonyl (C=O) groups excluding carboxylic acids is 1. The van der Waals surface area contributed by atoms with Crippen LogP contribution in [0.5, 0.6) is 0 Å². The van der Waals surface area contributed by atoms with Crippen molar-refractivity contribution in [2.45, 2.75) is 30.9 Å². The second kappa shape index (κ2) is 7.90. The molecule has 1 aliphatic rings. The van der Waals surface area contributed by atoms with Gasteiger partial charge in [-0.3, -0.25) is 19.1 Å². The summed E-state index contributed by atoms with van der Waals surface area (Å²) in [7, 11) is 1.84. The number of aromatic nitrogens is 3. The fourth-order valence-corrected chi connectivity index (χ4v) is 3.72. The van der Waals surface area contributed by atoms with Crippen molar-refractivity contribution in [2.24, 2.45) is 7.05 Å². The van der Waals surface area contributed by atoms with E-state index in [0.717, 1.165) is 10.9 Å². The number of para-hydroxylation sites is 1. The van der Waals surface area contributed by atoms with E-state index in [2.05, 4.69) is 10.3 Å². The molecule has 1 aromatic carbocycles. The van der Waals surface area contributed by atoms with Gasteiger partial charge < -0.3 is 24.8 Å². The van der Waals surface area contributed by atoms with Crippen LogP contribution < -0.4 is 16.6 Å². The molecule has 0 aliphatic carbocycles. The molecular weight excluding hydrogens is 392 g/mol. The number of aliphatic hydroxyl groups excluding tert-OH is 2. The van der Waals surface area contributed by atoms with E-state index in [1.54, 1.807) is 6.20 Å². The lowest BCUT2D eigenvalue weighted by molar-refractivity contribution is -0.152. The first kappa shape index (κ1) is 20.1. The predicted molar refractivity (Wildman–Crippen MR) is 107 cm³/mol. The minimum absolute atomic E-state index is 0.0441. The van der Waals surface area contributed by atoms with Gasteiger partial charge in [0.15, 0.2) is 0 Å². The molecule has 10 nitrogen and oxygen atoms in total. The number of nitrogens with zero attached hydrogens (tertiary/aromatic N) is 2. The van der Waals surface area contributed by atoms with Crippen LogP contribution >= 0.6 is 0 Å². The summed E-state index contributed by atoms with van der Waals surface area (Å²) in [5.74, 6) is -0.387. The zero-order valence-corrected chi connectivity index (χ0v) is 16.2. The van der Waals surface area contributed by atoms with Crippen LogP contribution in [0.1, 0.15) is 10.4 Å². The first-order valence-electron chi connectivity index (χ1n) is 9.47. The second-order valence-corrected chi connectivity index (χ2v) is 7.37. The van der Waals surface area contributed by atoms with Gasteiger partial charge in [-0.15, -0.1) is 0 Å². The van der Waals surface area contributed by atoms with E-state index in [4.69, 9.17) is 4.74 Å². The Morgan fingerprint density at radius 1 is 1.23 bits per heavy atom. The maximum atomic E-state index is 12.8. The Morgan fingerprint density at radius 2 is 2.00 bits per heavy atom. The molecule has 4 rings (SSSR count). The van der Waals surface area contributed by atoms with Gasteiger partial charge in [-0.1, -0.05) is 18.2 Å². The molecule has 30 heavy (non-hydrogen) atoms. The Morgan fingerprint density at radius 3 is 2.77 bits per heavy atom. The zero-order valence-electron chi connectivity index (χ0n) is 16.2. The molecule has 0 unspecified atom stereocenters. The zero-order chi connectivity index (χ0) is 21.4. The van der Waals surface area contributed by atoms with Crippen molar-refractivity contribution in [3.05, 3.63) is 69.1 Å². The summed E-state index contributed by atoms with van der Waals surface area (Å²) < 4.78 is 8.63. The number of carbonyl (C=O) groups is 1. The van der Waals surface area contributed by atoms with Gasteiger partial charge in [0.25, 0.3) is 11.5 Å². The maximum Gasteiger partial charge on any atom is 0.328 e. The van der Waals surface area contributed by atoms with Crippen molar-refractivity contribution in [3.63, 3.8) is 0 Å². The lowest BCUT2D eigenvalue weighted by Crippen LogP contribution is -2.60. The molecule has 1 fully saturated rings. The van der Waals surface area contributed by atoms with Crippen LogP contribution in [0.2, 0.25) is 0 Å². The van der Waals surface area contributed by atoms with Crippen molar-refractivity contribution in [1.82, 2.24) is 19.4 Å². The van der Waals surface area contributed by atoms with E-state index >= 15 is 0 Å². The highest BCUT2D eigenvalue weighted by atomic mass is 16.5. The number of aliphatic hydroxyl groups is 2. The molecule has 4 atom stereocenters. The Balaban J connectivity index is 1.46. The number of hydrogen-bond donors (Lipinski definition) is 4. The second-order valence-electron chi connectivity index (χ2n) is 7.37. The molecule has 3 aromatic rings. The smallest absolute Gasteiger partial charge is 0.328 e. The molecule has 0 bridgehead atoms. The number of rotatable bonds is 4. The lowest BCUT2D eigenvalue weighted by Gasteiger charge is -2.38. The standard InChI is InChI=1S/C20H22N4O6/c1-23-8-12(11-4-2-3-5-14(11)23)19(28)21-13-10-30-15(18(27)17(13)26)9-24-7-6-16(25)22-20(24)29/h2-8,13,15,17-18,26-27H,9-10H2,1H3,(H,21,28)(H,22,25,29)/t13-,15-,17+,18-/m1/s1. The minimum Gasteiger partial charge on any atom is -0.388 e. The Kier molecular flexibility index (Phi) is 5.29. The van der Waals surface area contributed by atoms with Crippen LogP contribution in [0.3, 0.4) is 0 Å². The molecule has 4 N–H and O–H groups in total. The summed E-state index contributed by atoms with van der Waals surface area (Å²) in [6.45, 7) is -0.102. The van der Waals surface area contributed by atoms with Crippen LogP contribution in [-0.4, -0.2) is 61.2 Å². The van der Waals surface area contributed by atoms with Crippen LogP contribution in [0.4, 0.5) is 0 Å². The number of H-pyrrole nitrogens is 1. The van der Waals surface area contributed by atoms with Crippen molar-refractivity contribution in [1.29, 1.82) is 0 Å². The molecule has 0 saturated carbocycles. The summed E-state index contributed by atoms with van der Waals surface area (Å²) in [4.78, 5) is 37.9. The molecule has 2 aromatic heterocycles. The van der Waals surface area contributed by atoms with Crippen LogP contribution in [-0.2, 0) is 18.3 Å². The third kappa shape index (κ3) is 3.67. The summed E-state index contributed by atoms with van der Waals surface area (Å²) in [6, 6.07) is 7.82. The Labute approximate surface area is 170 Å². The monoisotopic (exact) mass is 414 g/mol. The summed E-state index contributed by atoms with van der Waals surface area (Å²) in [6.07, 6.45) is -0.513. The average Bonchev–Trinajstić information content (AvgIpc) is 3.06. The van der Waals surface area contributed by atoms with Crippen molar-refractivity contribution in [2.75, 3.05) is 6.61 Å². The number of hydrogen-bond acceptors (Lipinski definition) is 6. The van der Waals surface area contributed by atoms with Gasteiger partial charge in [-0.05, 0) is 6.07 Å². The number of benzene rings is 1. The van der Waals surface area contributed by atoms with Gasteiger partial charge in [0, 0.05) is 36.4 Å². The van der Waals surface area contributed by atoms with Gasteiger partial charge in [0.1, 0.15) is 18.3 Å². The predicted octanol–water partition coefficient (Wildman–Crippen LogP) is -1.05. The number of amides is 1. The van der Waals surface area contributed by atoms with E-state index in [-0.39, 0.29) is 19.1 Å². The summed E-state index contributed by atoms with van der Waals surface area (Å²) in [5.41, 5.74) is 0.183. The molecule has 158 valence electrons. The van der Waals surface area contributed by atoms with Crippen molar-refractivity contribution >= 4 is 16.8 Å². The molecule has 0 spiro atoms. The Bertz CT molecular complexity index is 1200. The van der Waals surface area contributed by atoms with E-state index in [0.29, 0.717) is 5.56 Å². The van der Waals surface area contributed by atoms with E-state index in [1.807, 2.05) is 35.9 Å². The van der Waals surface area contributed by atoms with E-state index in [1.165, 1.54) is 16.8 Å². The van der Waals surface area contributed by atoms with Crippen LogP contribution in [0.15, 0.2) is 52.3 Å². The Hall–Kier alpha value is -3.21. The number of aromatic amines is 1. The number of fused-ring (bicyclic) bond motifs is 1. The number of nitrogens with one attached hydrogen (secondary N) is 2. The highest BCUT2D eigenvalue weighted by Crippen LogP contribution is 2.22. The number of ether oxygens (including phenoxy) is 1. The third-order valence-corrected chi connectivity index (χ3v) is 5.36. The quantitative estimate of drug-likeness (QED) is 0.430. The van der Waals surface area contributed by atoms with Crippen molar-refractivity contribution < 1.29 is 19.7 Å². The van der Waals surface area contributed by atoms with Gasteiger partial charge >= 0.3 is 5.69 Å². The first-order chi connectivity index (χ1) is 14.3. The van der Waals surface area contributed by atoms with Crippen molar-refractivity contribution in [3.8, 4) is 0 Å². The average molecular weight is 414 g/mol. The SMILES string of the molecule is Cn1cc(C(=O)N[C@@H]2CO[C@H](Cn3ccc(=O)[nH]c3=O)[C@@H](O)[C@H]2O)c2ccccc21. The molecule has 10 heteroatoms. The topological polar surface area (TPSA) is 139 Å². The summed E-state index contributed by atoms with van der Waals surface area (Å²) >= 11 is 0. The molecule has 1 amide bonds. The third-order valence-electron chi connectivity index (χ3n) is 5.36. The molecule has 0 radical (unpaired) electrons. The van der Waals surface area contributed by atoms with Crippen LogP contribution in [0.25, 0.3) is 10.9 Å². The largest absolute Gasteiger partial charge is 0.388 e. The molecule has 1 saturated heterocycles. The minimum atomic E-state index is -1.34. The summed E-state index contributed by atoms with van der Waals surface area (Å²) in [5, 5.41) is 24.5. The highest BCUT2D eigenvalue weighted by Gasteiger charge is 2.39. The van der Waals surface area contributed by atoms with Gasteiger partial charge in [0.2, 0.25) is 0 Å². The maximum absolute atomic E-state index is 12.8. The fourth-order valence-electron chi connectivity index (χ4n) is 3.72. The normalized spacial score (nSPS) is 24.1. The van der Waals surface area contributed by atoms with Gasteiger partial charge in [-0.2, -0.15) is 0 Å². The van der Waals surface area contributed by atoms with Crippen LogP contribution in [0, 0.1) is 0 Å². The van der Waals surface area contributed by atoms with Gasteiger partial charge in [0.05, 0.1) is 24.8 Å². The lowest BCUT2D eigenvalue weighted by atomic mass is 9.97. The fraction of sp³-hybridized carbons (Fsp3) is 0.350. The highest BCUT2D eigenvalue weighted by molar-refractivity contribution is 6.07. The molecule has 3 heterocycles. The first-order valence-corrected chi connectivity index (χ1v) is 9.47. The van der Waals surface area contributed by atoms with E-state index < -0.39 is 35.6 Å².